The number of ether oxygens (including phenoxy) is 1. The van der Waals surface area contributed by atoms with Gasteiger partial charge in [0, 0.05) is 32.4 Å². The van der Waals surface area contributed by atoms with Crippen LogP contribution < -0.4 is 0 Å². The molecule has 0 amide bonds. The number of alkyl halides is 1. The van der Waals surface area contributed by atoms with E-state index in [-0.39, 0.29) is 6.10 Å². The first-order valence-electron chi connectivity index (χ1n) is 7.35. The maximum absolute atomic E-state index is 5.93. The SMILES string of the molecule is Cc1nn(C)c2c1nc(CCCl)n2CC1CN(C)CCO1. The Morgan fingerprint density at radius 2 is 2.19 bits per heavy atom. The second-order valence-electron chi connectivity index (χ2n) is 5.71. The van der Waals surface area contributed by atoms with Gasteiger partial charge in [-0.25, -0.2) is 4.98 Å². The van der Waals surface area contributed by atoms with Crippen LogP contribution in [0.2, 0.25) is 0 Å². The van der Waals surface area contributed by atoms with Crippen molar-refractivity contribution in [1.82, 2.24) is 24.2 Å². The Morgan fingerprint density at radius 1 is 1.38 bits per heavy atom. The van der Waals surface area contributed by atoms with Gasteiger partial charge in [-0.3, -0.25) is 4.68 Å². The molecular formula is C14H22ClN5O. The number of imidazole rings is 1. The van der Waals surface area contributed by atoms with Gasteiger partial charge in [0.25, 0.3) is 0 Å². The van der Waals surface area contributed by atoms with Crippen molar-refractivity contribution in [2.24, 2.45) is 7.05 Å². The number of nitrogens with zero attached hydrogens (tertiary/aromatic N) is 5. The minimum atomic E-state index is 0.186. The van der Waals surface area contributed by atoms with E-state index in [1.807, 2.05) is 18.7 Å². The Kier molecular flexibility index (Phi) is 4.19. The van der Waals surface area contributed by atoms with Gasteiger partial charge in [0.05, 0.1) is 24.9 Å². The molecule has 2 aromatic heterocycles. The second kappa shape index (κ2) is 5.94. The molecule has 1 aliphatic heterocycles. The number of hydrogen-bond donors (Lipinski definition) is 0. The van der Waals surface area contributed by atoms with Crippen LogP contribution in [0.15, 0.2) is 0 Å². The number of halogens is 1. The topological polar surface area (TPSA) is 48.1 Å². The fourth-order valence-corrected chi connectivity index (χ4v) is 3.20. The van der Waals surface area contributed by atoms with E-state index in [1.165, 1.54) is 0 Å². The van der Waals surface area contributed by atoms with E-state index in [4.69, 9.17) is 21.3 Å². The molecule has 1 atom stereocenters. The van der Waals surface area contributed by atoms with Crippen molar-refractivity contribution in [3.8, 4) is 0 Å². The first-order valence-corrected chi connectivity index (χ1v) is 7.88. The lowest BCUT2D eigenvalue weighted by Gasteiger charge is -2.30. The van der Waals surface area contributed by atoms with Gasteiger partial charge in [0.1, 0.15) is 11.3 Å². The summed E-state index contributed by atoms with van der Waals surface area (Å²) in [6, 6.07) is 0. The third kappa shape index (κ3) is 2.80. The van der Waals surface area contributed by atoms with Crippen LogP contribution in [0.3, 0.4) is 0 Å². The first kappa shape index (κ1) is 14.8. The van der Waals surface area contributed by atoms with E-state index >= 15 is 0 Å². The summed E-state index contributed by atoms with van der Waals surface area (Å²) in [5, 5.41) is 4.47. The molecule has 3 rings (SSSR count). The van der Waals surface area contributed by atoms with Gasteiger partial charge in [0.2, 0.25) is 0 Å². The monoisotopic (exact) mass is 311 g/mol. The standard InChI is InChI=1S/C14H22ClN5O/c1-10-13-14(19(3)17-10)20(12(16-13)4-5-15)9-11-8-18(2)6-7-21-11/h11H,4-9H2,1-3H3. The largest absolute Gasteiger partial charge is 0.374 e. The van der Waals surface area contributed by atoms with Crippen LogP contribution in [-0.2, 0) is 24.8 Å². The van der Waals surface area contributed by atoms with Crippen molar-refractivity contribution < 1.29 is 4.74 Å². The number of aryl methyl sites for hydroxylation is 3. The quantitative estimate of drug-likeness (QED) is 0.796. The Balaban J connectivity index is 1.96. The molecule has 0 aromatic carbocycles. The van der Waals surface area contributed by atoms with Gasteiger partial charge >= 0.3 is 0 Å². The maximum Gasteiger partial charge on any atom is 0.158 e. The number of hydrogen-bond acceptors (Lipinski definition) is 4. The van der Waals surface area contributed by atoms with E-state index in [0.717, 1.165) is 55.3 Å². The third-order valence-electron chi connectivity index (χ3n) is 4.02. The summed E-state index contributed by atoms with van der Waals surface area (Å²) in [5.41, 5.74) is 3.00. The highest BCUT2D eigenvalue weighted by Crippen LogP contribution is 2.21. The zero-order chi connectivity index (χ0) is 15.0. The van der Waals surface area contributed by atoms with E-state index in [1.54, 1.807) is 0 Å². The predicted octanol–water partition coefficient (Wildman–Crippen LogP) is 1.19. The van der Waals surface area contributed by atoms with Crippen LogP contribution in [-0.4, -0.2) is 63.0 Å². The van der Waals surface area contributed by atoms with Crippen LogP contribution in [0, 0.1) is 6.92 Å². The molecule has 0 radical (unpaired) electrons. The Labute approximate surface area is 129 Å². The third-order valence-corrected chi connectivity index (χ3v) is 4.20. The lowest BCUT2D eigenvalue weighted by molar-refractivity contribution is -0.0273. The number of likely N-dealkylation sites (N-methyl/N-ethyl adjacent to an activating group) is 1. The van der Waals surface area contributed by atoms with E-state index in [9.17, 15) is 0 Å². The zero-order valence-electron chi connectivity index (χ0n) is 12.8. The molecule has 0 aliphatic carbocycles. The summed E-state index contributed by atoms with van der Waals surface area (Å²) in [4.78, 5) is 7.04. The molecule has 7 heteroatoms. The molecule has 0 N–H and O–H groups in total. The summed E-state index contributed by atoms with van der Waals surface area (Å²) >= 11 is 5.93. The van der Waals surface area contributed by atoms with Gasteiger partial charge in [-0.2, -0.15) is 5.10 Å². The Hall–Kier alpha value is -1.11. The van der Waals surface area contributed by atoms with Crippen LogP contribution in [0.1, 0.15) is 11.5 Å². The Bertz CT molecular complexity index is 635. The summed E-state index contributed by atoms with van der Waals surface area (Å²) in [7, 11) is 4.10. The molecule has 21 heavy (non-hydrogen) atoms. The van der Waals surface area contributed by atoms with Crippen molar-refractivity contribution in [1.29, 1.82) is 0 Å². The molecule has 0 saturated carbocycles. The number of rotatable bonds is 4. The highest BCUT2D eigenvalue weighted by atomic mass is 35.5. The molecule has 2 aromatic rings. The van der Waals surface area contributed by atoms with Gasteiger partial charge < -0.3 is 14.2 Å². The highest BCUT2D eigenvalue weighted by Gasteiger charge is 2.23. The molecule has 0 bridgehead atoms. The number of fused-ring (bicyclic) bond motifs is 1. The van der Waals surface area contributed by atoms with Crippen LogP contribution >= 0.6 is 11.6 Å². The van der Waals surface area contributed by atoms with E-state index in [2.05, 4.69) is 21.6 Å². The molecule has 116 valence electrons. The highest BCUT2D eigenvalue weighted by molar-refractivity contribution is 6.17. The fraction of sp³-hybridized carbons (Fsp3) is 0.714. The molecular weight excluding hydrogens is 290 g/mol. The number of aromatic nitrogens is 4. The first-order chi connectivity index (χ1) is 10.1. The van der Waals surface area contributed by atoms with Crippen molar-refractivity contribution in [2.75, 3.05) is 32.6 Å². The van der Waals surface area contributed by atoms with Crippen molar-refractivity contribution >= 4 is 22.8 Å². The minimum absolute atomic E-state index is 0.186. The molecule has 1 unspecified atom stereocenters. The summed E-state index contributed by atoms with van der Waals surface area (Å²) in [5.74, 6) is 1.59. The molecule has 1 aliphatic rings. The molecule has 6 nitrogen and oxygen atoms in total. The average molecular weight is 312 g/mol. The van der Waals surface area contributed by atoms with Gasteiger partial charge in [-0.05, 0) is 14.0 Å². The summed E-state index contributed by atoms with van der Waals surface area (Å²) < 4.78 is 10.0. The van der Waals surface area contributed by atoms with Gasteiger partial charge in [-0.15, -0.1) is 11.6 Å². The van der Waals surface area contributed by atoms with Gasteiger partial charge in [-0.1, -0.05) is 0 Å². The lowest BCUT2D eigenvalue weighted by Crippen LogP contribution is -2.42. The average Bonchev–Trinajstić information content (AvgIpc) is 2.91. The van der Waals surface area contributed by atoms with Crippen LogP contribution in [0.25, 0.3) is 11.2 Å². The maximum atomic E-state index is 5.93. The molecule has 1 saturated heterocycles. The smallest absolute Gasteiger partial charge is 0.158 e. The van der Waals surface area contributed by atoms with Gasteiger partial charge in [0.15, 0.2) is 5.65 Å². The van der Waals surface area contributed by atoms with Crippen LogP contribution in [0.5, 0.6) is 0 Å². The Morgan fingerprint density at radius 3 is 2.90 bits per heavy atom. The van der Waals surface area contributed by atoms with Crippen molar-refractivity contribution in [3.63, 3.8) is 0 Å². The lowest BCUT2D eigenvalue weighted by atomic mass is 10.2. The summed E-state index contributed by atoms with van der Waals surface area (Å²) in [6.07, 6.45) is 0.948. The minimum Gasteiger partial charge on any atom is -0.374 e. The number of morpholine rings is 1. The molecule has 0 spiro atoms. The van der Waals surface area contributed by atoms with E-state index < -0.39 is 0 Å². The fourth-order valence-electron chi connectivity index (χ4n) is 3.03. The second-order valence-corrected chi connectivity index (χ2v) is 6.09. The van der Waals surface area contributed by atoms with E-state index in [0.29, 0.717) is 5.88 Å². The normalized spacial score (nSPS) is 20.5. The van der Waals surface area contributed by atoms with Crippen molar-refractivity contribution in [2.45, 2.75) is 26.0 Å². The van der Waals surface area contributed by atoms with Crippen molar-refractivity contribution in [3.05, 3.63) is 11.5 Å². The molecule has 1 fully saturated rings. The van der Waals surface area contributed by atoms with Crippen LogP contribution in [0.4, 0.5) is 0 Å². The summed E-state index contributed by atoms with van der Waals surface area (Å²) in [6.45, 7) is 5.52. The predicted molar refractivity (Wildman–Crippen MR) is 82.9 cm³/mol. The molecule has 3 heterocycles. The zero-order valence-corrected chi connectivity index (χ0v) is 13.6.